The summed E-state index contributed by atoms with van der Waals surface area (Å²) in [7, 11) is 0. The second kappa shape index (κ2) is 15.2. The lowest BCUT2D eigenvalue weighted by molar-refractivity contribution is 0.579. The molecular formula is C36H42F2. The maximum Gasteiger partial charge on any atom is 0.123 e. The summed E-state index contributed by atoms with van der Waals surface area (Å²) in [6.45, 7) is 9.54. The molecule has 0 heterocycles. The molecule has 0 unspecified atom stereocenters. The molecule has 0 aliphatic heterocycles. The molecule has 0 aliphatic rings. The molecule has 0 spiro atoms. The summed E-state index contributed by atoms with van der Waals surface area (Å²) in [6.07, 6.45) is 16.3. The van der Waals surface area contributed by atoms with Gasteiger partial charge in [-0.3, -0.25) is 0 Å². The van der Waals surface area contributed by atoms with Crippen LogP contribution in [0.4, 0.5) is 8.78 Å². The van der Waals surface area contributed by atoms with E-state index in [1.807, 2.05) is 25.1 Å². The molecule has 0 aromatic heterocycles. The van der Waals surface area contributed by atoms with Crippen molar-refractivity contribution >= 4 is 5.57 Å². The second-order valence-corrected chi connectivity index (χ2v) is 10.3. The van der Waals surface area contributed by atoms with Crippen LogP contribution >= 0.6 is 0 Å². The molecule has 0 atom stereocenters. The highest BCUT2D eigenvalue weighted by Crippen LogP contribution is 2.26. The van der Waals surface area contributed by atoms with Crippen LogP contribution in [0.2, 0.25) is 0 Å². The van der Waals surface area contributed by atoms with Crippen molar-refractivity contribution in [1.29, 1.82) is 0 Å². The van der Waals surface area contributed by atoms with Gasteiger partial charge < -0.3 is 0 Å². The zero-order valence-corrected chi connectivity index (χ0v) is 23.3. The van der Waals surface area contributed by atoms with E-state index < -0.39 is 5.83 Å². The van der Waals surface area contributed by atoms with Crippen LogP contribution in [0.5, 0.6) is 0 Å². The number of rotatable bonds is 14. The molecule has 3 rings (SSSR count). The van der Waals surface area contributed by atoms with Crippen molar-refractivity contribution in [1.82, 2.24) is 0 Å². The van der Waals surface area contributed by atoms with Crippen molar-refractivity contribution < 1.29 is 8.78 Å². The van der Waals surface area contributed by atoms with Crippen LogP contribution in [0, 0.1) is 19.7 Å². The van der Waals surface area contributed by atoms with Gasteiger partial charge >= 0.3 is 0 Å². The largest absolute Gasteiger partial charge is 0.208 e. The molecule has 0 bridgehead atoms. The molecule has 0 saturated carbocycles. The Morgan fingerprint density at radius 3 is 1.79 bits per heavy atom. The van der Waals surface area contributed by atoms with Gasteiger partial charge in [0.25, 0.3) is 0 Å². The first-order valence-electron chi connectivity index (χ1n) is 14.0. The molecule has 2 heteroatoms. The molecule has 0 fully saturated rings. The van der Waals surface area contributed by atoms with E-state index in [-0.39, 0.29) is 5.82 Å². The fourth-order valence-corrected chi connectivity index (χ4v) is 5.10. The molecule has 0 N–H and O–H groups in total. The lowest BCUT2D eigenvalue weighted by Gasteiger charge is -2.10. The molecule has 38 heavy (non-hydrogen) atoms. The predicted octanol–water partition coefficient (Wildman–Crippen LogP) is 11.1. The van der Waals surface area contributed by atoms with Crippen molar-refractivity contribution in [2.24, 2.45) is 0 Å². The molecule has 3 aromatic rings. The van der Waals surface area contributed by atoms with Crippen molar-refractivity contribution in [3.8, 4) is 11.1 Å². The van der Waals surface area contributed by atoms with Crippen LogP contribution in [-0.2, 0) is 12.8 Å². The first-order chi connectivity index (χ1) is 18.4. The normalized spacial score (nSPS) is 11.9. The molecule has 0 nitrogen and oxygen atoms in total. The number of hydrogen-bond acceptors (Lipinski definition) is 0. The van der Waals surface area contributed by atoms with E-state index in [4.69, 9.17) is 0 Å². The summed E-state index contributed by atoms with van der Waals surface area (Å²) in [5.74, 6) is -0.622. The molecular weight excluding hydrogens is 470 g/mol. The van der Waals surface area contributed by atoms with Gasteiger partial charge in [-0.05, 0) is 109 Å². The van der Waals surface area contributed by atoms with E-state index in [0.717, 1.165) is 29.5 Å². The Kier molecular flexibility index (Phi) is 11.7. The van der Waals surface area contributed by atoms with E-state index in [1.54, 1.807) is 6.08 Å². The van der Waals surface area contributed by atoms with E-state index in [9.17, 15) is 8.78 Å². The number of aryl methyl sites for hydroxylation is 4. The smallest absolute Gasteiger partial charge is 0.123 e. The van der Waals surface area contributed by atoms with Gasteiger partial charge in [0.05, 0.1) is 0 Å². The average Bonchev–Trinajstić information content (AvgIpc) is 2.89. The average molecular weight is 513 g/mol. The van der Waals surface area contributed by atoms with E-state index in [2.05, 4.69) is 56.8 Å². The van der Waals surface area contributed by atoms with Gasteiger partial charge in [-0.1, -0.05) is 99.4 Å². The third kappa shape index (κ3) is 9.24. The number of hydrogen-bond donors (Lipinski definition) is 0. The van der Waals surface area contributed by atoms with E-state index in [0.29, 0.717) is 0 Å². The van der Waals surface area contributed by atoms with Crippen LogP contribution in [0.15, 0.2) is 91.3 Å². The standard InChI is InChI=1S/C36H42F2/c1-5-32(18-15-29(4)37)35-23-16-30(25-27(35)2)13-11-9-7-6-8-10-12-14-31-17-24-36(28(3)26-31)33-19-21-34(38)22-20-33/h5,15-26H,4,6-14H2,1-3H3/b18-15-,32-5+. The number of unbranched alkanes of at least 4 members (excludes halogenated alkanes) is 6. The molecule has 0 radical (unpaired) electrons. The van der Waals surface area contributed by atoms with Gasteiger partial charge in [-0.15, -0.1) is 0 Å². The molecule has 0 saturated heterocycles. The van der Waals surface area contributed by atoms with Crippen LogP contribution in [-0.4, -0.2) is 0 Å². The van der Waals surface area contributed by atoms with Crippen molar-refractivity contribution in [2.45, 2.75) is 78.6 Å². The fourth-order valence-electron chi connectivity index (χ4n) is 5.10. The van der Waals surface area contributed by atoms with Gasteiger partial charge in [-0.2, -0.15) is 0 Å². The topological polar surface area (TPSA) is 0 Å². The number of halogens is 2. The predicted molar refractivity (Wildman–Crippen MR) is 161 cm³/mol. The first kappa shape index (κ1) is 29.3. The molecule has 3 aromatic carbocycles. The summed E-state index contributed by atoms with van der Waals surface area (Å²) < 4.78 is 26.2. The fraction of sp³-hybridized carbons (Fsp3) is 0.333. The molecule has 0 amide bonds. The summed E-state index contributed by atoms with van der Waals surface area (Å²) in [5.41, 5.74) is 9.66. The summed E-state index contributed by atoms with van der Waals surface area (Å²) in [6, 6.07) is 20.1. The Bertz CT molecular complexity index is 1240. The maximum absolute atomic E-state index is 13.2. The van der Waals surface area contributed by atoms with Crippen LogP contribution in [0.1, 0.15) is 79.7 Å². The monoisotopic (exact) mass is 512 g/mol. The highest BCUT2D eigenvalue weighted by Gasteiger charge is 2.05. The lowest BCUT2D eigenvalue weighted by atomic mass is 9.95. The Morgan fingerprint density at radius 1 is 0.711 bits per heavy atom. The van der Waals surface area contributed by atoms with Gasteiger partial charge in [0.15, 0.2) is 0 Å². The Morgan fingerprint density at radius 2 is 1.26 bits per heavy atom. The first-order valence-corrected chi connectivity index (χ1v) is 14.0. The minimum Gasteiger partial charge on any atom is -0.208 e. The summed E-state index contributed by atoms with van der Waals surface area (Å²) in [5, 5.41) is 0. The highest BCUT2D eigenvalue weighted by molar-refractivity contribution is 5.76. The molecule has 0 aliphatic carbocycles. The zero-order valence-electron chi connectivity index (χ0n) is 23.3. The van der Waals surface area contributed by atoms with Crippen LogP contribution in [0.25, 0.3) is 16.7 Å². The third-order valence-electron chi connectivity index (χ3n) is 7.23. The zero-order chi connectivity index (χ0) is 27.3. The van der Waals surface area contributed by atoms with Crippen LogP contribution < -0.4 is 0 Å². The Labute approximate surface area is 228 Å². The summed E-state index contributed by atoms with van der Waals surface area (Å²) >= 11 is 0. The minimum absolute atomic E-state index is 0.194. The lowest BCUT2D eigenvalue weighted by Crippen LogP contribution is -1.92. The van der Waals surface area contributed by atoms with Crippen LogP contribution in [0.3, 0.4) is 0 Å². The van der Waals surface area contributed by atoms with Gasteiger partial charge in [0, 0.05) is 0 Å². The van der Waals surface area contributed by atoms with Crippen molar-refractivity contribution in [3.05, 3.63) is 125 Å². The van der Waals surface area contributed by atoms with Crippen molar-refractivity contribution in [3.63, 3.8) is 0 Å². The van der Waals surface area contributed by atoms with Gasteiger partial charge in [-0.25, -0.2) is 8.78 Å². The molecule has 200 valence electrons. The number of benzene rings is 3. The quantitative estimate of drug-likeness (QED) is 0.149. The van der Waals surface area contributed by atoms with E-state index >= 15 is 0 Å². The number of allylic oxidation sites excluding steroid dienone is 5. The summed E-state index contributed by atoms with van der Waals surface area (Å²) in [4.78, 5) is 0. The Hall–Kier alpha value is -3.26. The second-order valence-electron chi connectivity index (χ2n) is 10.3. The van der Waals surface area contributed by atoms with Gasteiger partial charge in [0.2, 0.25) is 0 Å². The Balaban J connectivity index is 1.31. The van der Waals surface area contributed by atoms with Gasteiger partial charge in [0.1, 0.15) is 11.6 Å². The minimum atomic E-state index is -0.428. The third-order valence-corrected chi connectivity index (χ3v) is 7.23. The SMILES string of the molecule is C=C(F)/C=C\C(=C/C)c1ccc(CCCCCCCCCc2ccc(-c3ccc(F)cc3)c(C)c2)cc1C. The highest BCUT2D eigenvalue weighted by atomic mass is 19.1. The van der Waals surface area contributed by atoms with Crippen molar-refractivity contribution in [2.75, 3.05) is 0 Å². The van der Waals surface area contributed by atoms with E-state index in [1.165, 1.54) is 91.0 Å². The maximum atomic E-state index is 13.2.